The zero-order chi connectivity index (χ0) is 13.6. The first-order chi connectivity index (χ1) is 9.08. The summed E-state index contributed by atoms with van der Waals surface area (Å²) in [6, 6.07) is 2.97. The van der Waals surface area contributed by atoms with E-state index >= 15 is 0 Å². The summed E-state index contributed by atoms with van der Waals surface area (Å²) in [5.74, 6) is 0.186. The van der Waals surface area contributed by atoms with Crippen LogP contribution in [0.5, 0.6) is 11.5 Å². The summed E-state index contributed by atoms with van der Waals surface area (Å²) < 4.78 is 15.6. The van der Waals surface area contributed by atoms with Crippen LogP contribution in [0.4, 0.5) is 0 Å². The molecule has 19 heavy (non-hydrogen) atoms. The lowest BCUT2D eigenvalue weighted by Crippen LogP contribution is -1.94. The number of carboxylic acid groups (broad SMARTS) is 1. The van der Waals surface area contributed by atoms with Gasteiger partial charge in [0, 0.05) is 17.2 Å². The Labute approximate surface area is 112 Å². The van der Waals surface area contributed by atoms with Crippen molar-refractivity contribution in [2.24, 2.45) is 0 Å². The SMILES string of the molecule is Cc1c(-c2cc(C(=O)O)no2)cc(Cl)c2c1OCO2. The topological polar surface area (TPSA) is 81.8 Å². The molecule has 6 nitrogen and oxygen atoms in total. The van der Waals surface area contributed by atoms with E-state index < -0.39 is 5.97 Å². The minimum absolute atomic E-state index is 0.107. The van der Waals surface area contributed by atoms with E-state index in [4.69, 9.17) is 30.7 Å². The number of ether oxygens (including phenoxy) is 2. The Bertz CT molecular complexity index is 679. The second-order valence-electron chi connectivity index (χ2n) is 3.98. The van der Waals surface area contributed by atoms with Gasteiger partial charge in [0.1, 0.15) is 0 Å². The zero-order valence-electron chi connectivity index (χ0n) is 9.77. The molecule has 1 N–H and O–H groups in total. The molecule has 2 heterocycles. The number of aromatic carboxylic acids is 1. The molecule has 0 aliphatic carbocycles. The lowest BCUT2D eigenvalue weighted by atomic mass is 10.0. The summed E-state index contributed by atoms with van der Waals surface area (Å²) in [5, 5.41) is 12.7. The largest absolute Gasteiger partial charge is 0.476 e. The monoisotopic (exact) mass is 281 g/mol. The highest BCUT2D eigenvalue weighted by atomic mass is 35.5. The van der Waals surface area contributed by atoms with Gasteiger partial charge in [-0.05, 0) is 13.0 Å². The quantitative estimate of drug-likeness (QED) is 0.911. The van der Waals surface area contributed by atoms with Crippen molar-refractivity contribution in [3.05, 3.63) is 28.4 Å². The summed E-state index contributed by atoms with van der Waals surface area (Å²) in [7, 11) is 0. The molecule has 1 aliphatic rings. The van der Waals surface area contributed by atoms with Crippen LogP contribution in [0.2, 0.25) is 5.02 Å². The van der Waals surface area contributed by atoms with Gasteiger partial charge in [0.05, 0.1) is 5.02 Å². The van der Waals surface area contributed by atoms with Crippen molar-refractivity contribution in [1.29, 1.82) is 0 Å². The normalized spacial score (nSPS) is 12.7. The lowest BCUT2D eigenvalue weighted by molar-refractivity contribution is 0.0686. The van der Waals surface area contributed by atoms with Crippen molar-refractivity contribution in [1.82, 2.24) is 5.16 Å². The Morgan fingerprint density at radius 3 is 2.79 bits per heavy atom. The van der Waals surface area contributed by atoms with Gasteiger partial charge in [0.15, 0.2) is 23.0 Å². The molecule has 0 saturated carbocycles. The molecule has 0 fully saturated rings. The minimum Gasteiger partial charge on any atom is -0.476 e. The van der Waals surface area contributed by atoms with Gasteiger partial charge in [-0.25, -0.2) is 4.79 Å². The third-order valence-electron chi connectivity index (χ3n) is 2.84. The summed E-state index contributed by atoms with van der Waals surface area (Å²) in [6.45, 7) is 1.91. The summed E-state index contributed by atoms with van der Waals surface area (Å²) in [5.41, 5.74) is 1.21. The first-order valence-electron chi connectivity index (χ1n) is 5.37. The van der Waals surface area contributed by atoms with Crippen LogP contribution in [-0.2, 0) is 0 Å². The number of hydrogen-bond acceptors (Lipinski definition) is 5. The number of carbonyl (C=O) groups is 1. The van der Waals surface area contributed by atoms with Crippen LogP contribution in [0.1, 0.15) is 16.1 Å². The summed E-state index contributed by atoms with van der Waals surface area (Å²) in [4.78, 5) is 10.8. The highest BCUT2D eigenvalue weighted by molar-refractivity contribution is 6.32. The van der Waals surface area contributed by atoms with Crippen molar-refractivity contribution in [3.63, 3.8) is 0 Å². The van der Waals surface area contributed by atoms with Gasteiger partial charge in [-0.1, -0.05) is 16.8 Å². The van der Waals surface area contributed by atoms with Crippen molar-refractivity contribution in [2.75, 3.05) is 6.79 Å². The molecule has 0 radical (unpaired) electrons. The van der Waals surface area contributed by atoms with E-state index in [1.807, 2.05) is 6.92 Å². The van der Waals surface area contributed by atoms with Crippen LogP contribution in [0, 0.1) is 6.92 Å². The van der Waals surface area contributed by atoms with Crippen molar-refractivity contribution in [2.45, 2.75) is 6.92 Å². The van der Waals surface area contributed by atoms with E-state index in [9.17, 15) is 4.79 Å². The molecular formula is C12H8ClNO5. The predicted octanol–water partition coefficient (Wildman–Crippen LogP) is 2.73. The standard InChI is InChI=1S/C12H8ClNO5/c1-5-6(9-3-8(12(15)16)14-19-9)2-7(13)11-10(5)17-4-18-11/h2-3H,4H2,1H3,(H,15,16). The molecule has 1 aromatic carbocycles. The first kappa shape index (κ1) is 11.9. The smallest absolute Gasteiger partial charge is 0.358 e. The summed E-state index contributed by atoms with van der Waals surface area (Å²) >= 11 is 6.08. The number of carboxylic acids is 1. The number of benzene rings is 1. The zero-order valence-corrected chi connectivity index (χ0v) is 10.5. The van der Waals surface area contributed by atoms with Crippen LogP contribution in [-0.4, -0.2) is 23.0 Å². The molecule has 1 aromatic heterocycles. The number of aromatic nitrogens is 1. The maximum Gasteiger partial charge on any atom is 0.358 e. The van der Waals surface area contributed by atoms with E-state index in [1.165, 1.54) is 6.07 Å². The highest BCUT2D eigenvalue weighted by Crippen LogP contribution is 2.45. The van der Waals surface area contributed by atoms with Gasteiger partial charge in [-0.2, -0.15) is 0 Å². The van der Waals surface area contributed by atoms with Crippen LogP contribution in [0.25, 0.3) is 11.3 Å². The lowest BCUT2D eigenvalue weighted by Gasteiger charge is -2.07. The highest BCUT2D eigenvalue weighted by Gasteiger charge is 2.24. The van der Waals surface area contributed by atoms with E-state index in [2.05, 4.69) is 5.16 Å². The van der Waals surface area contributed by atoms with Gasteiger partial charge in [0.2, 0.25) is 6.79 Å². The van der Waals surface area contributed by atoms with Crippen molar-refractivity contribution in [3.8, 4) is 22.8 Å². The molecule has 0 unspecified atom stereocenters. The molecule has 7 heteroatoms. The fourth-order valence-corrected chi connectivity index (χ4v) is 2.17. The second-order valence-corrected chi connectivity index (χ2v) is 4.38. The van der Waals surface area contributed by atoms with Crippen LogP contribution in [0.3, 0.4) is 0 Å². The van der Waals surface area contributed by atoms with Crippen LogP contribution < -0.4 is 9.47 Å². The third kappa shape index (κ3) is 1.80. The number of hydrogen-bond donors (Lipinski definition) is 1. The maximum atomic E-state index is 10.8. The van der Waals surface area contributed by atoms with Gasteiger partial charge < -0.3 is 19.1 Å². The van der Waals surface area contributed by atoms with Crippen LogP contribution in [0.15, 0.2) is 16.7 Å². The molecular weight excluding hydrogens is 274 g/mol. The molecule has 3 rings (SSSR count). The van der Waals surface area contributed by atoms with Gasteiger partial charge in [0.25, 0.3) is 0 Å². The fraction of sp³-hybridized carbons (Fsp3) is 0.167. The first-order valence-corrected chi connectivity index (χ1v) is 5.75. The Morgan fingerprint density at radius 1 is 1.37 bits per heavy atom. The number of halogens is 1. The molecule has 0 atom stereocenters. The Kier molecular flexibility index (Phi) is 2.60. The Balaban J connectivity index is 2.15. The van der Waals surface area contributed by atoms with E-state index in [0.717, 1.165) is 5.56 Å². The number of fused-ring (bicyclic) bond motifs is 1. The minimum atomic E-state index is -1.15. The molecule has 0 spiro atoms. The molecule has 98 valence electrons. The second kappa shape index (κ2) is 4.17. The predicted molar refractivity (Wildman–Crippen MR) is 64.8 cm³/mol. The van der Waals surface area contributed by atoms with Crippen molar-refractivity contribution < 1.29 is 23.9 Å². The number of rotatable bonds is 2. The Hall–Kier alpha value is -2.21. The third-order valence-corrected chi connectivity index (χ3v) is 3.12. The van der Waals surface area contributed by atoms with Crippen LogP contribution >= 0.6 is 11.6 Å². The molecule has 2 aromatic rings. The maximum absolute atomic E-state index is 10.8. The average Bonchev–Trinajstić information content (AvgIpc) is 3.01. The average molecular weight is 282 g/mol. The van der Waals surface area contributed by atoms with E-state index in [1.54, 1.807) is 6.07 Å². The molecule has 1 aliphatic heterocycles. The van der Waals surface area contributed by atoms with Gasteiger partial charge >= 0.3 is 5.97 Å². The van der Waals surface area contributed by atoms with Crippen molar-refractivity contribution >= 4 is 17.6 Å². The molecule has 0 bridgehead atoms. The fourth-order valence-electron chi connectivity index (χ4n) is 1.92. The Morgan fingerprint density at radius 2 is 2.11 bits per heavy atom. The van der Waals surface area contributed by atoms with E-state index in [-0.39, 0.29) is 12.5 Å². The molecule has 0 amide bonds. The van der Waals surface area contributed by atoms with E-state index in [0.29, 0.717) is 27.8 Å². The molecule has 0 saturated heterocycles. The summed E-state index contributed by atoms with van der Waals surface area (Å²) in [6.07, 6.45) is 0. The van der Waals surface area contributed by atoms with Gasteiger partial charge in [-0.3, -0.25) is 0 Å². The number of nitrogens with zero attached hydrogens (tertiary/aromatic N) is 1. The van der Waals surface area contributed by atoms with Gasteiger partial charge in [-0.15, -0.1) is 0 Å².